The molecule has 1 saturated carbocycles. The van der Waals surface area contributed by atoms with Crippen molar-refractivity contribution in [1.29, 1.82) is 0 Å². The molecule has 3 N–H and O–H groups in total. The van der Waals surface area contributed by atoms with Crippen molar-refractivity contribution < 1.29 is 13.2 Å². The molecule has 2 rings (SSSR count). The molecule has 0 atom stereocenters. The predicted molar refractivity (Wildman–Crippen MR) is 57.3 cm³/mol. The highest BCUT2D eigenvalue weighted by molar-refractivity contribution is 5.44. The van der Waals surface area contributed by atoms with Gasteiger partial charge in [0.1, 0.15) is 5.82 Å². The summed E-state index contributed by atoms with van der Waals surface area (Å²) in [5, 5.41) is 2.98. The Morgan fingerprint density at radius 3 is 2.47 bits per heavy atom. The number of nitrogens with two attached hydrogens (primary N) is 1. The second-order valence-electron chi connectivity index (χ2n) is 4.53. The molecular formula is C10H13F3N4. The Labute approximate surface area is 96.4 Å². The maximum Gasteiger partial charge on any atom is 0.433 e. The van der Waals surface area contributed by atoms with Crippen molar-refractivity contribution in [2.24, 2.45) is 0 Å². The van der Waals surface area contributed by atoms with E-state index in [1.54, 1.807) is 0 Å². The van der Waals surface area contributed by atoms with Crippen LogP contribution < -0.4 is 11.1 Å². The summed E-state index contributed by atoms with van der Waals surface area (Å²) in [6.07, 6.45) is -1.61. The zero-order valence-corrected chi connectivity index (χ0v) is 9.30. The van der Waals surface area contributed by atoms with Crippen molar-refractivity contribution in [1.82, 2.24) is 9.97 Å². The molecule has 0 bridgehead atoms. The third-order valence-corrected chi connectivity index (χ3v) is 2.92. The molecule has 0 spiro atoms. The second kappa shape index (κ2) is 3.75. The van der Waals surface area contributed by atoms with E-state index >= 15 is 0 Å². The van der Waals surface area contributed by atoms with E-state index in [0.29, 0.717) is 0 Å². The number of aromatic nitrogens is 2. The van der Waals surface area contributed by atoms with Crippen molar-refractivity contribution in [3.05, 3.63) is 11.8 Å². The lowest BCUT2D eigenvalue weighted by Gasteiger charge is -2.39. The Bertz CT molecular complexity index is 426. The summed E-state index contributed by atoms with van der Waals surface area (Å²) in [5.74, 6) is -0.239. The molecule has 1 aliphatic rings. The van der Waals surface area contributed by atoms with Crippen molar-refractivity contribution in [3.63, 3.8) is 0 Å². The topological polar surface area (TPSA) is 63.8 Å². The lowest BCUT2D eigenvalue weighted by atomic mass is 9.78. The van der Waals surface area contributed by atoms with Crippen LogP contribution in [-0.4, -0.2) is 15.5 Å². The first kappa shape index (κ1) is 11.9. The van der Waals surface area contributed by atoms with Gasteiger partial charge in [0.15, 0.2) is 5.69 Å². The van der Waals surface area contributed by atoms with Gasteiger partial charge in [0, 0.05) is 11.6 Å². The maximum atomic E-state index is 12.5. The number of nitrogens with one attached hydrogen (secondary N) is 1. The Morgan fingerprint density at radius 2 is 2.00 bits per heavy atom. The fourth-order valence-corrected chi connectivity index (χ4v) is 1.82. The van der Waals surface area contributed by atoms with Gasteiger partial charge in [-0.15, -0.1) is 0 Å². The van der Waals surface area contributed by atoms with Crippen LogP contribution in [0.25, 0.3) is 0 Å². The number of rotatable bonds is 2. The summed E-state index contributed by atoms with van der Waals surface area (Å²) in [5.41, 5.74) is 4.08. The van der Waals surface area contributed by atoms with Crippen molar-refractivity contribution in [3.8, 4) is 0 Å². The molecule has 1 aromatic rings. The van der Waals surface area contributed by atoms with Crippen LogP contribution in [0, 0.1) is 0 Å². The normalized spacial score (nSPS) is 18.6. The quantitative estimate of drug-likeness (QED) is 0.841. The molecule has 0 radical (unpaired) electrons. The van der Waals surface area contributed by atoms with Gasteiger partial charge in [0.25, 0.3) is 0 Å². The fourth-order valence-electron chi connectivity index (χ4n) is 1.82. The lowest BCUT2D eigenvalue weighted by molar-refractivity contribution is -0.141. The molecular weight excluding hydrogens is 233 g/mol. The SMILES string of the molecule is CC1(Nc2cc(C(F)(F)F)nc(N)n2)CCC1. The zero-order valence-electron chi connectivity index (χ0n) is 9.30. The van der Waals surface area contributed by atoms with Gasteiger partial charge in [0.2, 0.25) is 5.95 Å². The first-order chi connectivity index (χ1) is 7.78. The largest absolute Gasteiger partial charge is 0.433 e. The Kier molecular flexibility index (Phi) is 2.63. The molecule has 17 heavy (non-hydrogen) atoms. The van der Waals surface area contributed by atoms with E-state index in [1.807, 2.05) is 6.92 Å². The smallest absolute Gasteiger partial charge is 0.368 e. The second-order valence-corrected chi connectivity index (χ2v) is 4.53. The van der Waals surface area contributed by atoms with Crippen LogP contribution in [0.5, 0.6) is 0 Å². The minimum absolute atomic E-state index is 0.132. The molecule has 94 valence electrons. The fraction of sp³-hybridized carbons (Fsp3) is 0.600. The summed E-state index contributed by atoms with van der Waals surface area (Å²) in [7, 11) is 0. The van der Waals surface area contributed by atoms with Crippen molar-refractivity contribution in [2.75, 3.05) is 11.1 Å². The van der Waals surface area contributed by atoms with Gasteiger partial charge in [-0.2, -0.15) is 18.2 Å². The van der Waals surface area contributed by atoms with E-state index in [2.05, 4.69) is 15.3 Å². The third kappa shape index (κ3) is 2.59. The van der Waals surface area contributed by atoms with Crippen LogP contribution in [0.15, 0.2) is 6.07 Å². The van der Waals surface area contributed by atoms with Gasteiger partial charge in [-0.1, -0.05) is 0 Å². The molecule has 0 aliphatic heterocycles. The molecule has 7 heteroatoms. The molecule has 4 nitrogen and oxygen atoms in total. The van der Waals surface area contributed by atoms with E-state index in [4.69, 9.17) is 5.73 Å². The number of alkyl halides is 3. The number of nitrogens with zero attached hydrogens (tertiary/aromatic N) is 2. The van der Waals surface area contributed by atoms with E-state index < -0.39 is 11.9 Å². The van der Waals surface area contributed by atoms with Crippen molar-refractivity contribution in [2.45, 2.75) is 37.9 Å². The van der Waals surface area contributed by atoms with E-state index in [0.717, 1.165) is 25.3 Å². The molecule has 0 aromatic carbocycles. The van der Waals surface area contributed by atoms with Gasteiger partial charge >= 0.3 is 6.18 Å². The summed E-state index contributed by atoms with van der Waals surface area (Å²) in [6, 6.07) is 0.889. The average molecular weight is 246 g/mol. The van der Waals surface area contributed by atoms with Gasteiger partial charge in [-0.25, -0.2) is 4.98 Å². The summed E-state index contributed by atoms with van der Waals surface area (Å²) >= 11 is 0. The molecule has 1 heterocycles. The molecule has 0 saturated heterocycles. The van der Waals surface area contributed by atoms with Gasteiger partial charge < -0.3 is 11.1 Å². The van der Waals surface area contributed by atoms with E-state index in [-0.39, 0.29) is 17.3 Å². The maximum absolute atomic E-state index is 12.5. The third-order valence-electron chi connectivity index (χ3n) is 2.92. The molecule has 1 aliphatic carbocycles. The van der Waals surface area contributed by atoms with Gasteiger partial charge in [0.05, 0.1) is 0 Å². The average Bonchev–Trinajstić information content (AvgIpc) is 2.13. The highest BCUT2D eigenvalue weighted by Gasteiger charge is 2.35. The van der Waals surface area contributed by atoms with Crippen LogP contribution in [0.2, 0.25) is 0 Å². The van der Waals surface area contributed by atoms with Gasteiger partial charge in [-0.3, -0.25) is 0 Å². The first-order valence-electron chi connectivity index (χ1n) is 5.28. The van der Waals surface area contributed by atoms with Gasteiger partial charge in [-0.05, 0) is 26.2 Å². The lowest BCUT2D eigenvalue weighted by Crippen LogP contribution is -2.42. The minimum atomic E-state index is -4.51. The summed E-state index contributed by atoms with van der Waals surface area (Å²) < 4.78 is 37.5. The highest BCUT2D eigenvalue weighted by atomic mass is 19.4. The molecule has 0 amide bonds. The summed E-state index contributed by atoms with van der Waals surface area (Å²) in [4.78, 5) is 6.95. The molecule has 1 fully saturated rings. The zero-order chi connectivity index (χ0) is 12.7. The van der Waals surface area contributed by atoms with Crippen molar-refractivity contribution >= 4 is 11.8 Å². The van der Waals surface area contributed by atoms with Crippen LogP contribution >= 0.6 is 0 Å². The van der Waals surface area contributed by atoms with Crippen LogP contribution in [0.3, 0.4) is 0 Å². The summed E-state index contributed by atoms with van der Waals surface area (Å²) in [6.45, 7) is 1.95. The Morgan fingerprint density at radius 1 is 1.35 bits per heavy atom. The number of hydrogen-bond donors (Lipinski definition) is 2. The number of anilines is 2. The Hall–Kier alpha value is -1.53. The number of hydrogen-bond acceptors (Lipinski definition) is 4. The van der Waals surface area contributed by atoms with Crippen LogP contribution in [0.4, 0.5) is 24.9 Å². The minimum Gasteiger partial charge on any atom is -0.368 e. The van der Waals surface area contributed by atoms with E-state index in [9.17, 15) is 13.2 Å². The predicted octanol–water partition coefficient (Wildman–Crippen LogP) is 2.43. The molecule has 0 unspecified atom stereocenters. The monoisotopic (exact) mass is 246 g/mol. The Balaban J connectivity index is 2.25. The van der Waals surface area contributed by atoms with E-state index in [1.165, 1.54) is 0 Å². The van der Waals surface area contributed by atoms with Crippen LogP contribution in [0.1, 0.15) is 31.9 Å². The highest BCUT2D eigenvalue weighted by Crippen LogP contribution is 2.35. The van der Waals surface area contributed by atoms with Crippen LogP contribution in [-0.2, 0) is 6.18 Å². The standard InChI is InChI=1S/C10H13F3N4/c1-9(3-2-4-9)17-7-5-6(10(11,12)13)15-8(14)16-7/h5H,2-4H2,1H3,(H3,14,15,16,17). The molecule has 1 aromatic heterocycles. The first-order valence-corrected chi connectivity index (χ1v) is 5.28. The number of nitrogen functional groups attached to an aromatic ring is 1. The number of halogens is 3.